The van der Waals surface area contributed by atoms with Crippen molar-refractivity contribution >= 4 is 22.0 Å². The maximum absolute atomic E-state index is 10.9. The fourth-order valence-electron chi connectivity index (χ4n) is 1.85. The lowest BCUT2D eigenvalue weighted by Gasteiger charge is -2.21. The van der Waals surface area contributed by atoms with Crippen LogP contribution in [0.1, 0.15) is 26.3 Å². The topological polar surface area (TPSA) is 59.6 Å². The summed E-state index contributed by atoms with van der Waals surface area (Å²) in [4.78, 5) is 10.9. The van der Waals surface area contributed by atoms with Crippen LogP contribution in [0.2, 0.25) is 0 Å². The molecule has 1 atom stereocenters. The number of hydrogen-bond acceptors (Lipinski definition) is 4. The van der Waals surface area contributed by atoms with Crippen LogP contribution in [0.4, 0.5) is 4.79 Å². The smallest absolute Gasteiger partial charge is 0.407 e. The fraction of sp³-hybridized carbons (Fsp3) is 0.533. The Kier molecular flexibility index (Phi) is 5.11. The number of halogens is 1. The van der Waals surface area contributed by atoms with Gasteiger partial charge in [-0.25, -0.2) is 4.79 Å². The molecule has 1 aliphatic heterocycles. The molecule has 6 heteroatoms. The van der Waals surface area contributed by atoms with Crippen molar-refractivity contribution in [2.24, 2.45) is 0 Å². The Labute approximate surface area is 133 Å². The van der Waals surface area contributed by atoms with Crippen molar-refractivity contribution in [1.29, 1.82) is 0 Å². The van der Waals surface area contributed by atoms with E-state index in [0.29, 0.717) is 13.2 Å². The number of carbonyl (C=O) groups is 1. The van der Waals surface area contributed by atoms with Gasteiger partial charge in [-0.2, -0.15) is 0 Å². The molecule has 1 amide bonds. The quantitative estimate of drug-likeness (QED) is 0.851. The highest BCUT2D eigenvalue weighted by Crippen LogP contribution is 2.23. The zero-order valence-electron chi connectivity index (χ0n) is 12.5. The van der Waals surface area contributed by atoms with Crippen molar-refractivity contribution in [2.75, 3.05) is 13.2 Å². The van der Waals surface area contributed by atoms with Gasteiger partial charge >= 0.3 is 6.09 Å². The third-order valence-corrected chi connectivity index (χ3v) is 3.78. The largest absolute Gasteiger partial charge is 0.490 e. The molecular weight excluding hydrogens is 336 g/mol. The van der Waals surface area contributed by atoms with E-state index >= 15 is 0 Å². The zero-order valence-corrected chi connectivity index (χ0v) is 14.1. The molecule has 0 radical (unpaired) electrons. The maximum Gasteiger partial charge on any atom is 0.407 e. The third kappa shape index (κ3) is 5.21. The summed E-state index contributed by atoms with van der Waals surface area (Å²) in [7, 11) is 0. The number of alkyl carbamates (subject to hydrolysis) is 1. The lowest BCUT2D eigenvalue weighted by molar-refractivity contribution is 0.105. The third-order valence-electron chi connectivity index (χ3n) is 3.01. The Morgan fingerprint density at radius 2 is 2.24 bits per heavy atom. The van der Waals surface area contributed by atoms with Crippen LogP contribution in [-0.2, 0) is 11.3 Å². The Hall–Kier alpha value is -1.27. The monoisotopic (exact) mass is 356 g/mol. The summed E-state index contributed by atoms with van der Waals surface area (Å²) >= 11 is 3.55. The summed E-state index contributed by atoms with van der Waals surface area (Å²) in [6.45, 7) is 7.98. The molecule has 1 heterocycles. The Morgan fingerprint density at radius 1 is 1.48 bits per heavy atom. The predicted molar refractivity (Wildman–Crippen MR) is 84.5 cm³/mol. The highest BCUT2D eigenvalue weighted by Gasteiger charge is 2.23. The van der Waals surface area contributed by atoms with Crippen LogP contribution < -0.4 is 15.4 Å². The standard InChI is InChI=1S/C15H21BrN2O3/c1-15(2,3)18-7-10-6-11(4-5-13(10)16)20-9-12-8-17-14(19)21-12/h4-6,12,18H,7-9H2,1-3H3,(H,17,19). The van der Waals surface area contributed by atoms with Crippen LogP contribution in [0.3, 0.4) is 0 Å². The summed E-state index contributed by atoms with van der Waals surface area (Å²) in [6, 6.07) is 5.86. The SMILES string of the molecule is CC(C)(C)NCc1cc(OCC2CNC(=O)O2)ccc1Br. The molecule has 0 saturated carbocycles. The molecule has 2 rings (SSSR count). The molecule has 1 aliphatic rings. The van der Waals surface area contributed by atoms with Crippen molar-refractivity contribution in [2.45, 2.75) is 39.0 Å². The van der Waals surface area contributed by atoms with Gasteiger partial charge in [0.25, 0.3) is 0 Å². The predicted octanol–water partition coefficient (Wildman–Crippen LogP) is 2.82. The van der Waals surface area contributed by atoms with Gasteiger partial charge in [0.1, 0.15) is 12.4 Å². The van der Waals surface area contributed by atoms with Gasteiger partial charge in [-0.3, -0.25) is 0 Å². The average molecular weight is 357 g/mol. The van der Waals surface area contributed by atoms with Crippen LogP contribution in [0.15, 0.2) is 22.7 Å². The van der Waals surface area contributed by atoms with Gasteiger partial charge in [-0.1, -0.05) is 15.9 Å². The van der Waals surface area contributed by atoms with Crippen molar-refractivity contribution in [3.8, 4) is 5.75 Å². The average Bonchev–Trinajstić information content (AvgIpc) is 2.81. The lowest BCUT2D eigenvalue weighted by Crippen LogP contribution is -2.35. The minimum absolute atomic E-state index is 0.0556. The van der Waals surface area contributed by atoms with Crippen molar-refractivity contribution in [1.82, 2.24) is 10.6 Å². The van der Waals surface area contributed by atoms with E-state index in [4.69, 9.17) is 9.47 Å². The molecule has 1 unspecified atom stereocenters. The van der Waals surface area contributed by atoms with Crippen molar-refractivity contribution in [3.05, 3.63) is 28.2 Å². The molecule has 0 bridgehead atoms. The number of rotatable bonds is 5. The normalized spacial score (nSPS) is 18.3. The second-order valence-corrected chi connectivity index (χ2v) is 6.93. The fourth-order valence-corrected chi connectivity index (χ4v) is 2.24. The molecule has 0 aromatic heterocycles. The number of amides is 1. The van der Waals surface area contributed by atoms with Gasteiger partial charge < -0.3 is 20.1 Å². The number of ether oxygens (including phenoxy) is 2. The van der Waals surface area contributed by atoms with Crippen LogP contribution in [-0.4, -0.2) is 30.9 Å². The number of hydrogen-bond donors (Lipinski definition) is 2. The molecule has 5 nitrogen and oxygen atoms in total. The summed E-state index contributed by atoms with van der Waals surface area (Å²) in [5, 5.41) is 6.05. The van der Waals surface area contributed by atoms with Crippen LogP contribution in [0.25, 0.3) is 0 Å². The lowest BCUT2D eigenvalue weighted by atomic mass is 10.1. The number of carbonyl (C=O) groups excluding carboxylic acids is 1. The Morgan fingerprint density at radius 3 is 2.86 bits per heavy atom. The molecule has 1 fully saturated rings. The van der Waals surface area contributed by atoms with Crippen LogP contribution >= 0.6 is 15.9 Å². The van der Waals surface area contributed by atoms with Crippen LogP contribution in [0, 0.1) is 0 Å². The minimum Gasteiger partial charge on any atom is -0.490 e. The molecular formula is C15H21BrN2O3. The van der Waals surface area contributed by atoms with Gasteiger partial charge in [0.2, 0.25) is 0 Å². The first-order chi connectivity index (χ1) is 9.83. The van der Waals surface area contributed by atoms with Gasteiger partial charge in [0, 0.05) is 16.6 Å². The van der Waals surface area contributed by atoms with E-state index in [9.17, 15) is 4.79 Å². The highest BCUT2D eigenvalue weighted by atomic mass is 79.9. The van der Waals surface area contributed by atoms with Crippen molar-refractivity contribution < 1.29 is 14.3 Å². The molecule has 1 saturated heterocycles. The number of cyclic esters (lactones) is 1. The van der Waals surface area contributed by atoms with E-state index in [0.717, 1.165) is 22.3 Å². The van der Waals surface area contributed by atoms with E-state index in [1.807, 2.05) is 18.2 Å². The number of benzene rings is 1. The van der Waals surface area contributed by atoms with Gasteiger partial charge in [0.15, 0.2) is 6.10 Å². The second kappa shape index (κ2) is 6.66. The number of nitrogens with one attached hydrogen (secondary N) is 2. The first kappa shape index (κ1) is 16.1. The van der Waals surface area contributed by atoms with E-state index in [2.05, 4.69) is 47.3 Å². The zero-order chi connectivity index (χ0) is 15.5. The molecule has 0 spiro atoms. The molecule has 1 aromatic carbocycles. The Balaban J connectivity index is 1.93. The molecule has 0 aliphatic carbocycles. The summed E-state index contributed by atoms with van der Waals surface area (Å²) in [5.74, 6) is 0.770. The first-order valence-corrected chi connectivity index (χ1v) is 7.73. The van der Waals surface area contributed by atoms with Gasteiger partial charge in [-0.05, 0) is 44.5 Å². The second-order valence-electron chi connectivity index (χ2n) is 6.08. The summed E-state index contributed by atoms with van der Waals surface area (Å²) in [5.41, 5.74) is 1.18. The van der Waals surface area contributed by atoms with Gasteiger partial charge in [-0.15, -0.1) is 0 Å². The van der Waals surface area contributed by atoms with E-state index in [1.165, 1.54) is 0 Å². The van der Waals surface area contributed by atoms with Gasteiger partial charge in [0.05, 0.1) is 6.54 Å². The molecule has 116 valence electrons. The minimum atomic E-state index is -0.380. The molecule has 2 N–H and O–H groups in total. The molecule has 21 heavy (non-hydrogen) atoms. The first-order valence-electron chi connectivity index (χ1n) is 6.94. The van der Waals surface area contributed by atoms with Crippen LogP contribution in [0.5, 0.6) is 5.75 Å². The summed E-state index contributed by atoms with van der Waals surface area (Å²) < 4.78 is 11.8. The summed E-state index contributed by atoms with van der Waals surface area (Å²) in [6.07, 6.45) is -0.605. The molecule has 1 aromatic rings. The maximum atomic E-state index is 10.9. The Bertz CT molecular complexity index is 514. The van der Waals surface area contributed by atoms with E-state index in [-0.39, 0.29) is 17.7 Å². The van der Waals surface area contributed by atoms with Crippen molar-refractivity contribution in [3.63, 3.8) is 0 Å². The highest BCUT2D eigenvalue weighted by molar-refractivity contribution is 9.10. The van der Waals surface area contributed by atoms with E-state index in [1.54, 1.807) is 0 Å². The van der Waals surface area contributed by atoms with E-state index < -0.39 is 0 Å².